The Kier molecular flexibility index (Phi) is 3.18. The standard InChI is InChI=1S/C12H8FN5O2S/c13-8-4-7(18(19)20)2-1-6(8)3-9-16-11-10(12(21)17-9)14-5-15-11/h1-2,4-5H,3H2,(H2,14,15,16,17,21). The van der Waals surface area contributed by atoms with Gasteiger partial charge in [-0.05, 0) is 11.6 Å². The second-order valence-electron chi connectivity index (χ2n) is 4.32. The average molecular weight is 305 g/mol. The monoisotopic (exact) mass is 305 g/mol. The predicted molar refractivity (Wildman–Crippen MR) is 74.9 cm³/mol. The normalized spacial score (nSPS) is 10.9. The molecule has 0 aliphatic heterocycles. The summed E-state index contributed by atoms with van der Waals surface area (Å²) in [7, 11) is 0. The van der Waals surface area contributed by atoms with Crippen molar-refractivity contribution in [3.05, 3.63) is 56.5 Å². The molecule has 9 heteroatoms. The number of nitro benzene ring substituents is 1. The fourth-order valence-electron chi connectivity index (χ4n) is 1.95. The molecule has 0 bridgehead atoms. The van der Waals surface area contributed by atoms with Crippen LogP contribution in [0.1, 0.15) is 11.4 Å². The SMILES string of the molecule is O=[N+]([O-])c1ccc(Cc2nc(=S)c3[nH]cnc3[nH]2)c(F)c1. The van der Waals surface area contributed by atoms with E-state index in [9.17, 15) is 14.5 Å². The second-order valence-corrected chi connectivity index (χ2v) is 4.71. The van der Waals surface area contributed by atoms with Crippen molar-refractivity contribution in [3.63, 3.8) is 0 Å². The number of rotatable bonds is 3. The van der Waals surface area contributed by atoms with E-state index in [1.807, 2.05) is 0 Å². The Bertz CT molecular complexity index is 904. The molecule has 0 aliphatic carbocycles. The van der Waals surface area contributed by atoms with Gasteiger partial charge in [-0.2, -0.15) is 0 Å². The number of nitrogens with one attached hydrogen (secondary N) is 2. The third-order valence-corrected chi connectivity index (χ3v) is 3.25. The third-order valence-electron chi connectivity index (χ3n) is 2.96. The van der Waals surface area contributed by atoms with Crippen molar-refractivity contribution in [2.75, 3.05) is 0 Å². The predicted octanol–water partition coefficient (Wildman–Crippen LogP) is 2.65. The molecule has 0 amide bonds. The van der Waals surface area contributed by atoms with Gasteiger partial charge in [0.2, 0.25) is 0 Å². The summed E-state index contributed by atoms with van der Waals surface area (Å²) < 4.78 is 14.2. The highest BCUT2D eigenvalue weighted by molar-refractivity contribution is 7.71. The van der Waals surface area contributed by atoms with E-state index in [0.717, 1.165) is 6.07 Å². The number of benzene rings is 1. The minimum Gasteiger partial charge on any atom is -0.341 e. The van der Waals surface area contributed by atoms with Crippen LogP contribution in [0, 0.1) is 20.6 Å². The summed E-state index contributed by atoms with van der Waals surface area (Å²) >= 11 is 5.11. The summed E-state index contributed by atoms with van der Waals surface area (Å²) in [5, 5.41) is 10.6. The molecule has 7 nitrogen and oxygen atoms in total. The Morgan fingerprint density at radius 3 is 2.95 bits per heavy atom. The first-order chi connectivity index (χ1) is 10.0. The van der Waals surface area contributed by atoms with Crippen LogP contribution in [0.15, 0.2) is 24.5 Å². The first kappa shape index (κ1) is 13.3. The molecule has 0 unspecified atom stereocenters. The lowest BCUT2D eigenvalue weighted by atomic mass is 10.1. The molecule has 2 N–H and O–H groups in total. The van der Waals surface area contributed by atoms with Crippen molar-refractivity contribution in [2.45, 2.75) is 6.42 Å². The molecule has 0 spiro atoms. The second kappa shape index (κ2) is 5.02. The van der Waals surface area contributed by atoms with E-state index in [4.69, 9.17) is 12.2 Å². The van der Waals surface area contributed by atoms with Gasteiger partial charge in [-0.3, -0.25) is 10.1 Å². The zero-order valence-corrected chi connectivity index (χ0v) is 11.3. The van der Waals surface area contributed by atoms with Crippen LogP contribution in [0.25, 0.3) is 11.2 Å². The van der Waals surface area contributed by atoms with Gasteiger partial charge < -0.3 is 9.97 Å². The number of halogens is 1. The van der Waals surface area contributed by atoms with E-state index in [1.165, 1.54) is 18.5 Å². The van der Waals surface area contributed by atoms with Crippen molar-refractivity contribution in [1.82, 2.24) is 19.9 Å². The number of aromatic amines is 2. The third kappa shape index (κ3) is 2.50. The number of fused-ring (bicyclic) bond motifs is 1. The van der Waals surface area contributed by atoms with Crippen LogP contribution in [0.2, 0.25) is 0 Å². The van der Waals surface area contributed by atoms with E-state index in [1.54, 1.807) is 0 Å². The van der Waals surface area contributed by atoms with Crippen LogP contribution < -0.4 is 0 Å². The van der Waals surface area contributed by atoms with Gasteiger partial charge in [-0.15, -0.1) is 0 Å². The van der Waals surface area contributed by atoms with Crippen molar-refractivity contribution < 1.29 is 9.31 Å². The maximum Gasteiger partial charge on any atom is 0.272 e. The maximum atomic E-state index is 13.9. The molecule has 0 fully saturated rings. The van der Waals surface area contributed by atoms with Gasteiger partial charge >= 0.3 is 0 Å². The maximum absolute atomic E-state index is 13.9. The minimum atomic E-state index is -0.660. The quantitative estimate of drug-likeness (QED) is 0.440. The molecule has 0 atom stereocenters. The largest absolute Gasteiger partial charge is 0.341 e. The lowest BCUT2D eigenvalue weighted by molar-refractivity contribution is -0.385. The van der Waals surface area contributed by atoms with Crippen molar-refractivity contribution in [1.29, 1.82) is 0 Å². The average Bonchev–Trinajstić information content (AvgIpc) is 2.89. The number of hydrogen-bond donors (Lipinski definition) is 2. The number of nitro groups is 1. The highest BCUT2D eigenvalue weighted by atomic mass is 32.1. The molecule has 21 heavy (non-hydrogen) atoms. The molecule has 0 radical (unpaired) electrons. The van der Waals surface area contributed by atoms with Gasteiger partial charge in [0.05, 0.1) is 17.3 Å². The number of nitrogens with zero attached hydrogens (tertiary/aromatic N) is 3. The molecule has 0 saturated heterocycles. The summed E-state index contributed by atoms with van der Waals surface area (Å²) in [4.78, 5) is 23.9. The lowest BCUT2D eigenvalue weighted by Crippen LogP contribution is -2.00. The molecule has 2 aromatic heterocycles. The Morgan fingerprint density at radius 1 is 1.43 bits per heavy atom. The van der Waals surface area contributed by atoms with E-state index in [0.29, 0.717) is 21.6 Å². The molecular formula is C12H8FN5O2S. The number of hydrogen-bond acceptors (Lipinski definition) is 5. The van der Waals surface area contributed by atoms with E-state index in [2.05, 4.69) is 19.9 Å². The number of non-ortho nitro benzene ring substituents is 1. The highest BCUT2D eigenvalue weighted by Gasteiger charge is 2.12. The zero-order chi connectivity index (χ0) is 15.0. The summed E-state index contributed by atoms with van der Waals surface area (Å²) in [6.45, 7) is 0. The Hall–Kier alpha value is -2.68. The Morgan fingerprint density at radius 2 is 2.24 bits per heavy atom. The van der Waals surface area contributed by atoms with Crippen LogP contribution in [0.3, 0.4) is 0 Å². The van der Waals surface area contributed by atoms with E-state index in [-0.39, 0.29) is 17.7 Å². The smallest absolute Gasteiger partial charge is 0.272 e. The number of H-pyrrole nitrogens is 2. The molecule has 3 aromatic rings. The molecule has 0 saturated carbocycles. The van der Waals surface area contributed by atoms with Gasteiger partial charge in [0.1, 0.15) is 17.2 Å². The van der Waals surface area contributed by atoms with Gasteiger partial charge in [0.15, 0.2) is 10.3 Å². The highest BCUT2D eigenvalue weighted by Crippen LogP contribution is 2.19. The first-order valence-electron chi connectivity index (χ1n) is 5.89. The molecule has 106 valence electrons. The van der Waals surface area contributed by atoms with Crippen LogP contribution in [0.5, 0.6) is 0 Å². The minimum absolute atomic E-state index is 0.135. The van der Waals surface area contributed by atoms with Gasteiger partial charge in [-0.1, -0.05) is 12.2 Å². The molecule has 1 aromatic carbocycles. The van der Waals surface area contributed by atoms with Crippen LogP contribution in [0.4, 0.5) is 10.1 Å². The van der Waals surface area contributed by atoms with E-state index < -0.39 is 10.7 Å². The summed E-state index contributed by atoms with van der Waals surface area (Å²) in [5.41, 5.74) is 1.14. The zero-order valence-electron chi connectivity index (χ0n) is 10.5. The Labute approximate surface area is 122 Å². The van der Waals surface area contributed by atoms with Crippen molar-refractivity contribution in [2.24, 2.45) is 0 Å². The van der Waals surface area contributed by atoms with Crippen LogP contribution in [-0.4, -0.2) is 24.9 Å². The van der Waals surface area contributed by atoms with Crippen molar-refractivity contribution >= 4 is 29.1 Å². The molecular weight excluding hydrogens is 297 g/mol. The summed E-state index contributed by atoms with van der Waals surface area (Å²) in [5.74, 6) is -0.222. The van der Waals surface area contributed by atoms with Gasteiger partial charge in [0.25, 0.3) is 5.69 Å². The summed E-state index contributed by atoms with van der Waals surface area (Å²) in [6.07, 6.45) is 1.62. The fraction of sp³-hybridized carbons (Fsp3) is 0.0833. The number of aromatic nitrogens is 4. The fourth-order valence-corrected chi connectivity index (χ4v) is 2.22. The van der Waals surface area contributed by atoms with Gasteiger partial charge in [0, 0.05) is 12.5 Å². The van der Waals surface area contributed by atoms with Crippen molar-refractivity contribution in [3.8, 4) is 0 Å². The molecule has 2 heterocycles. The Balaban J connectivity index is 1.98. The lowest BCUT2D eigenvalue weighted by Gasteiger charge is -2.03. The van der Waals surface area contributed by atoms with Gasteiger partial charge in [-0.25, -0.2) is 14.4 Å². The number of imidazole rings is 1. The topological polar surface area (TPSA) is 100 Å². The summed E-state index contributed by atoms with van der Waals surface area (Å²) in [6, 6.07) is 3.50. The first-order valence-corrected chi connectivity index (χ1v) is 6.30. The van der Waals surface area contributed by atoms with Crippen LogP contribution in [-0.2, 0) is 6.42 Å². The molecule has 3 rings (SSSR count). The van der Waals surface area contributed by atoms with Crippen LogP contribution >= 0.6 is 12.2 Å². The van der Waals surface area contributed by atoms with E-state index >= 15 is 0 Å². The molecule has 0 aliphatic rings.